The van der Waals surface area contributed by atoms with Gasteiger partial charge < -0.3 is 9.84 Å². The lowest BCUT2D eigenvalue weighted by Gasteiger charge is -2.51. The lowest BCUT2D eigenvalue weighted by molar-refractivity contribution is -0.153. The fraction of sp³-hybridized carbons (Fsp3) is 0.929. The van der Waals surface area contributed by atoms with Gasteiger partial charge in [0, 0.05) is 25.2 Å². The fourth-order valence-electron chi connectivity index (χ4n) is 3.96. The van der Waals surface area contributed by atoms with Gasteiger partial charge in [-0.3, -0.25) is 9.69 Å². The number of carbonyl (C=O) groups is 1. The number of sulfone groups is 1. The quantitative estimate of drug-likeness (QED) is 0.823. The first-order valence-electron chi connectivity index (χ1n) is 7.71. The Labute approximate surface area is 125 Å². The standard InChI is InChI=1S/C14H23NO5S/c16-13(17)8-12-10-21(18,19)7-5-15(12)11-2-6-20-14(9-11)3-1-4-14/h11-12H,1-10H2,(H,16,17). The van der Waals surface area contributed by atoms with Gasteiger partial charge in [-0.15, -0.1) is 0 Å². The predicted molar refractivity (Wildman–Crippen MR) is 77.0 cm³/mol. The molecule has 0 aromatic rings. The van der Waals surface area contributed by atoms with Gasteiger partial charge in [-0.05, 0) is 32.1 Å². The summed E-state index contributed by atoms with van der Waals surface area (Å²) in [6.45, 7) is 1.16. The molecule has 1 saturated carbocycles. The maximum absolute atomic E-state index is 11.8. The molecule has 6 nitrogen and oxygen atoms in total. The number of ether oxygens (including phenoxy) is 1. The van der Waals surface area contributed by atoms with Gasteiger partial charge in [0.15, 0.2) is 9.84 Å². The van der Waals surface area contributed by atoms with Crippen LogP contribution in [0.5, 0.6) is 0 Å². The number of aliphatic carboxylic acids is 1. The molecular weight excluding hydrogens is 294 g/mol. The third-order valence-electron chi connectivity index (χ3n) is 5.19. The van der Waals surface area contributed by atoms with E-state index in [1.165, 1.54) is 6.42 Å². The molecule has 2 unspecified atom stereocenters. The van der Waals surface area contributed by atoms with Crippen molar-refractivity contribution in [2.75, 3.05) is 24.7 Å². The minimum absolute atomic E-state index is 0.00693. The second-order valence-electron chi connectivity index (χ2n) is 6.64. The third kappa shape index (κ3) is 3.24. The molecule has 2 saturated heterocycles. The van der Waals surface area contributed by atoms with Crippen LogP contribution in [0.4, 0.5) is 0 Å². The highest BCUT2D eigenvalue weighted by Crippen LogP contribution is 2.44. The van der Waals surface area contributed by atoms with Gasteiger partial charge in [0.05, 0.1) is 23.5 Å². The molecule has 1 aliphatic carbocycles. The Morgan fingerprint density at radius 1 is 1.38 bits per heavy atom. The Morgan fingerprint density at radius 2 is 2.14 bits per heavy atom. The Hall–Kier alpha value is -0.660. The minimum Gasteiger partial charge on any atom is -0.481 e. The lowest BCUT2D eigenvalue weighted by atomic mass is 9.73. The van der Waals surface area contributed by atoms with E-state index in [0.29, 0.717) is 13.2 Å². The Morgan fingerprint density at radius 3 is 2.76 bits per heavy atom. The summed E-state index contributed by atoms with van der Waals surface area (Å²) in [6, 6.07) is -0.125. The summed E-state index contributed by atoms with van der Waals surface area (Å²) in [5.41, 5.74) is -0.00693. The van der Waals surface area contributed by atoms with E-state index in [9.17, 15) is 13.2 Å². The van der Waals surface area contributed by atoms with Crippen molar-refractivity contribution in [2.24, 2.45) is 0 Å². The zero-order chi connectivity index (χ0) is 15.1. The van der Waals surface area contributed by atoms with E-state index in [2.05, 4.69) is 4.90 Å². The van der Waals surface area contributed by atoms with Crippen LogP contribution in [-0.4, -0.2) is 66.7 Å². The summed E-state index contributed by atoms with van der Waals surface area (Å²) in [6.07, 6.45) is 5.06. The summed E-state index contributed by atoms with van der Waals surface area (Å²) < 4.78 is 29.6. The Balaban J connectivity index is 1.73. The molecule has 120 valence electrons. The van der Waals surface area contributed by atoms with Crippen molar-refractivity contribution >= 4 is 15.8 Å². The maximum Gasteiger partial charge on any atom is 0.304 e. The number of carboxylic acids is 1. The molecule has 1 spiro atoms. The topological polar surface area (TPSA) is 83.9 Å². The Kier molecular flexibility index (Phi) is 4.00. The van der Waals surface area contributed by atoms with Gasteiger partial charge in [0.25, 0.3) is 0 Å². The highest BCUT2D eigenvalue weighted by Gasteiger charge is 2.46. The zero-order valence-corrected chi connectivity index (χ0v) is 13.0. The van der Waals surface area contributed by atoms with Crippen molar-refractivity contribution in [3.63, 3.8) is 0 Å². The average Bonchev–Trinajstić information content (AvgIpc) is 2.35. The van der Waals surface area contributed by atoms with E-state index in [-0.39, 0.29) is 35.6 Å². The van der Waals surface area contributed by atoms with Crippen LogP contribution in [0.1, 0.15) is 38.5 Å². The largest absolute Gasteiger partial charge is 0.481 e. The van der Waals surface area contributed by atoms with E-state index in [1.807, 2.05) is 0 Å². The van der Waals surface area contributed by atoms with Crippen LogP contribution in [0.25, 0.3) is 0 Å². The molecule has 3 aliphatic rings. The summed E-state index contributed by atoms with van der Waals surface area (Å²) in [5, 5.41) is 9.07. The first kappa shape index (κ1) is 15.2. The lowest BCUT2D eigenvalue weighted by Crippen LogP contribution is -2.58. The third-order valence-corrected chi connectivity index (χ3v) is 6.88. The van der Waals surface area contributed by atoms with E-state index in [4.69, 9.17) is 9.84 Å². The molecule has 21 heavy (non-hydrogen) atoms. The fourth-order valence-corrected chi connectivity index (χ4v) is 5.51. The number of hydrogen-bond donors (Lipinski definition) is 1. The van der Waals surface area contributed by atoms with Gasteiger partial charge in [0.1, 0.15) is 0 Å². The van der Waals surface area contributed by atoms with Crippen molar-refractivity contribution in [3.8, 4) is 0 Å². The van der Waals surface area contributed by atoms with Crippen molar-refractivity contribution in [3.05, 3.63) is 0 Å². The number of nitrogens with zero attached hydrogens (tertiary/aromatic N) is 1. The van der Waals surface area contributed by atoms with Crippen LogP contribution < -0.4 is 0 Å². The monoisotopic (exact) mass is 317 g/mol. The summed E-state index contributed by atoms with van der Waals surface area (Å²) >= 11 is 0. The molecule has 0 amide bonds. The summed E-state index contributed by atoms with van der Waals surface area (Å²) in [4.78, 5) is 13.2. The van der Waals surface area contributed by atoms with E-state index < -0.39 is 15.8 Å². The minimum atomic E-state index is -3.11. The molecule has 3 fully saturated rings. The molecule has 0 aromatic heterocycles. The normalized spacial score (nSPS) is 35.2. The molecule has 7 heteroatoms. The van der Waals surface area contributed by atoms with E-state index >= 15 is 0 Å². The first-order chi connectivity index (χ1) is 9.89. The van der Waals surface area contributed by atoms with Crippen molar-refractivity contribution < 1.29 is 23.1 Å². The smallest absolute Gasteiger partial charge is 0.304 e. The molecular formula is C14H23NO5S. The van der Waals surface area contributed by atoms with Gasteiger partial charge in [-0.25, -0.2) is 8.42 Å². The predicted octanol–water partition coefficient (Wildman–Crippen LogP) is 0.662. The van der Waals surface area contributed by atoms with Crippen LogP contribution in [0, 0.1) is 0 Å². The highest BCUT2D eigenvalue weighted by molar-refractivity contribution is 7.91. The molecule has 0 radical (unpaired) electrons. The molecule has 2 heterocycles. The molecule has 3 rings (SSSR count). The SMILES string of the molecule is O=C(O)CC1CS(=O)(=O)CCN1C1CCOC2(CCC2)C1. The average molecular weight is 317 g/mol. The van der Waals surface area contributed by atoms with Crippen LogP contribution in [-0.2, 0) is 19.4 Å². The molecule has 2 atom stereocenters. The number of rotatable bonds is 3. The molecule has 2 aliphatic heterocycles. The summed E-state index contributed by atoms with van der Waals surface area (Å²) in [7, 11) is -3.11. The zero-order valence-electron chi connectivity index (χ0n) is 12.2. The molecule has 1 N–H and O–H groups in total. The van der Waals surface area contributed by atoms with Gasteiger partial charge in [0.2, 0.25) is 0 Å². The second kappa shape index (κ2) is 5.52. The van der Waals surface area contributed by atoms with Gasteiger partial charge in [-0.1, -0.05) is 0 Å². The van der Waals surface area contributed by atoms with Crippen LogP contribution in [0.15, 0.2) is 0 Å². The van der Waals surface area contributed by atoms with Crippen LogP contribution in [0.2, 0.25) is 0 Å². The highest BCUT2D eigenvalue weighted by atomic mass is 32.2. The second-order valence-corrected chi connectivity index (χ2v) is 8.86. The van der Waals surface area contributed by atoms with Crippen LogP contribution >= 0.6 is 0 Å². The Bertz CT molecular complexity index is 513. The van der Waals surface area contributed by atoms with Crippen molar-refractivity contribution in [2.45, 2.75) is 56.2 Å². The van der Waals surface area contributed by atoms with E-state index in [0.717, 1.165) is 25.7 Å². The first-order valence-corrected chi connectivity index (χ1v) is 9.53. The van der Waals surface area contributed by atoms with Gasteiger partial charge in [-0.2, -0.15) is 0 Å². The number of carboxylic acid groups (broad SMARTS) is 1. The number of hydrogen-bond acceptors (Lipinski definition) is 5. The van der Waals surface area contributed by atoms with Gasteiger partial charge >= 0.3 is 5.97 Å². The molecule has 0 bridgehead atoms. The van der Waals surface area contributed by atoms with Crippen LogP contribution in [0.3, 0.4) is 0 Å². The maximum atomic E-state index is 11.8. The van der Waals surface area contributed by atoms with Crippen molar-refractivity contribution in [1.29, 1.82) is 0 Å². The van der Waals surface area contributed by atoms with Crippen molar-refractivity contribution in [1.82, 2.24) is 4.90 Å². The van der Waals surface area contributed by atoms with E-state index in [1.54, 1.807) is 0 Å². The molecule has 0 aromatic carbocycles. The summed E-state index contributed by atoms with van der Waals surface area (Å²) in [5.74, 6) is -0.801.